The van der Waals surface area contributed by atoms with Gasteiger partial charge in [-0.25, -0.2) is 0 Å². The molecule has 0 amide bonds. The van der Waals surface area contributed by atoms with Crippen molar-refractivity contribution in [3.8, 4) is 0 Å². The first kappa shape index (κ1) is 7.48. The summed E-state index contributed by atoms with van der Waals surface area (Å²) in [6, 6.07) is 0. The first-order valence-electron chi connectivity index (χ1n) is 3.53. The number of rotatable bonds is 2. The smallest absolute Gasteiger partial charge is 0.126 e. The highest BCUT2D eigenvalue weighted by Crippen LogP contribution is 2.16. The Morgan fingerprint density at radius 3 is 2.70 bits per heavy atom. The van der Waals surface area contributed by atoms with Gasteiger partial charge in [0, 0.05) is 13.0 Å². The van der Waals surface area contributed by atoms with E-state index in [0.717, 1.165) is 19.1 Å². The molecule has 0 aromatic rings. The lowest BCUT2D eigenvalue weighted by Crippen LogP contribution is -2.15. The highest BCUT2D eigenvalue weighted by molar-refractivity contribution is 5.56. The highest BCUT2D eigenvalue weighted by atomic mass is 16.5. The molecule has 0 aromatic heterocycles. The van der Waals surface area contributed by atoms with Crippen molar-refractivity contribution in [2.45, 2.75) is 18.9 Å². The number of carbonyl (C=O) groups excluding carboxylic acids is 1. The molecule has 2 heteroatoms. The molecule has 0 N–H and O–H groups in total. The molecule has 0 radical (unpaired) electrons. The third-order valence-corrected chi connectivity index (χ3v) is 1.84. The molecule has 0 fully saturated rings. The van der Waals surface area contributed by atoms with Crippen molar-refractivity contribution in [3.63, 3.8) is 0 Å². The lowest BCUT2D eigenvalue weighted by atomic mass is 9.96. The van der Waals surface area contributed by atoms with Gasteiger partial charge in [-0.2, -0.15) is 0 Å². The van der Waals surface area contributed by atoms with E-state index in [1.807, 2.05) is 12.2 Å². The van der Waals surface area contributed by atoms with E-state index < -0.39 is 0 Å². The van der Waals surface area contributed by atoms with E-state index in [-0.39, 0.29) is 12.0 Å². The molecule has 1 aliphatic rings. The third-order valence-electron chi connectivity index (χ3n) is 1.84. The van der Waals surface area contributed by atoms with Crippen LogP contribution in [0.3, 0.4) is 0 Å². The van der Waals surface area contributed by atoms with Crippen LogP contribution in [0.2, 0.25) is 0 Å². The summed E-state index contributed by atoms with van der Waals surface area (Å²) < 4.78 is 5.08. The van der Waals surface area contributed by atoms with Crippen LogP contribution in [0.25, 0.3) is 0 Å². The fourth-order valence-corrected chi connectivity index (χ4v) is 1.13. The molecule has 0 heterocycles. The van der Waals surface area contributed by atoms with Gasteiger partial charge in [-0.1, -0.05) is 12.2 Å². The van der Waals surface area contributed by atoms with Crippen molar-refractivity contribution >= 4 is 6.29 Å². The van der Waals surface area contributed by atoms with Gasteiger partial charge in [-0.3, -0.25) is 0 Å². The van der Waals surface area contributed by atoms with Gasteiger partial charge in [0.05, 0.1) is 6.10 Å². The summed E-state index contributed by atoms with van der Waals surface area (Å²) in [6.07, 6.45) is 7.00. The maximum atomic E-state index is 10.3. The van der Waals surface area contributed by atoms with Crippen LogP contribution in [0.1, 0.15) is 12.8 Å². The van der Waals surface area contributed by atoms with E-state index in [1.165, 1.54) is 0 Å². The van der Waals surface area contributed by atoms with E-state index in [9.17, 15) is 4.79 Å². The van der Waals surface area contributed by atoms with Gasteiger partial charge in [0.2, 0.25) is 0 Å². The second kappa shape index (κ2) is 3.52. The summed E-state index contributed by atoms with van der Waals surface area (Å²) >= 11 is 0. The molecule has 2 atom stereocenters. The average molecular weight is 140 g/mol. The van der Waals surface area contributed by atoms with Crippen molar-refractivity contribution in [2.24, 2.45) is 5.92 Å². The first-order valence-corrected chi connectivity index (χ1v) is 3.53. The van der Waals surface area contributed by atoms with Gasteiger partial charge in [0.25, 0.3) is 0 Å². The van der Waals surface area contributed by atoms with Crippen LogP contribution >= 0.6 is 0 Å². The fourth-order valence-electron chi connectivity index (χ4n) is 1.13. The van der Waals surface area contributed by atoms with Crippen molar-refractivity contribution in [2.75, 3.05) is 7.11 Å². The Bertz CT molecular complexity index is 140. The molecule has 0 saturated heterocycles. The molecule has 1 aliphatic carbocycles. The SMILES string of the molecule is COC1C=CC(C=O)CC1. The van der Waals surface area contributed by atoms with E-state index in [1.54, 1.807) is 7.11 Å². The van der Waals surface area contributed by atoms with Gasteiger partial charge in [-0.05, 0) is 12.8 Å². The van der Waals surface area contributed by atoms with Crippen molar-refractivity contribution in [1.82, 2.24) is 0 Å². The molecule has 0 bridgehead atoms. The van der Waals surface area contributed by atoms with Crippen LogP contribution in [0.4, 0.5) is 0 Å². The zero-order valence-electron chi connectivity index (χ0n) is 6.12. The zero-order chi connectivity index (χ0) is 7.40. The van der Waals surface area contributed by atoms with E-state index in [0.29, 0.717) is 0 Å². The van der Waals surface area contributed by atoms with Gasteiger partial charge >= 0.3 is 0 Å². The lowest BCUT2D eigenvalue weighted by Gasteiger charge is -2.17. The Morgan fingerprint density at radius 2 is 2.30 bits per heavy atom. The summed E-state index contributed by atoms with van der Waals surface area (Å²) in [4.78, 5) is 10.3. The number of ether oxygens (including phenoxy) is 1. The molecular weight excluding hydrogens is 128 g/mol. The predicted molar refractivity (Wildman–Crippen MR) is 38.7 cm³/mol. The predicted octanol–water partition coefficient (Wildman–Crippen LogP) is 1.17. The largest absolute Gasteiger partial charge is 0.377 e. The molecule has 2 nitrogen and oxygen atoms in total. The van der Waals surface area contributed by atoms with Crippen molar-refractivity contribution in [1.29, 1.82) is 0 Å². The van der Waals surface area contributed by atoms with Crippen molar-refractivity contribution < 1.29 is 9.53 Å². The number of allylic oxidation sites excluding steroid dienone is 1. The molecule has 0 spiro atoms. The van der Waals surface area contributed by atoms with Crippen LogP contribution in [-0.4, -0.2) is 19.5 Å². The third kappa shape index (κ3) is 1.67. The molecular formula is C8H12O2. The Balaban J connectivity index is 2.43. The van der Waals surface area contributed by atoms with Crippen LogP contribution in [0, 0.1) is 5.92 Å². The van der Waals surface area contributed by atoms with E-state index in [4.69, 9.17) is 4.74 Å². The Hall–Kier alpha value is -0.630. The minimum Gasteiger partial charge on any atom is -0.377 e. The van der Waals surface area contributed by atoms with Gasteiger partial charge in [0.15, 0.2) is 0 Å². The average Bonchev–Trinajstić information content (AvgIpc) is 2.05. The van der Waals surface area contributed by atoms with Crippen LogP contribution in [0.15, 0.2) is 12.2 Å². The molecule has 2 unspecified atom stereocenters. The van der Waals surface area contributed by atoms with Gasteiger partial charge in [-0.15, -0.1) is 0 Å². The quantitative estimate of drug-likeness (QED) is 0.425. The maximum absolute atomic E-state index is 10.3. The molecule has 0 aliphatic heterocycles. The minimum absolute atomic E-state index is 0.131. The number of methoxy groups -OCH3 is 1. The Labute approximate surface area is 60.9 Å². The van der Waals surface area contributed by atoms with Crippen LogP contribution < -0.4 is 0 Å². The number of aldehydes is 1. The molecule has 1 rings (SSSR count). The Kier molecular flexibility index (Phi) is 2.63. The van der Waals surface area contributed by atoms with Crippen LogP contribution in [-0.2, 0) is 9.53 Å². The summed E-state index contributed by atoms with van der Waals surface area (Å²) in [5.41, 5.74) is 0. The van der Waals surface area contributed by atoms with Gasteiger partial charge < -0.3 is 9.53 Å². The standard InChI is InChI=1S/C8H12O2/c1-10-8-4-2-7(6-9)3-5-8/h2,4,6-8H,3,5H2,1H3. The molecule has 56 valence electrons. The zero-order valence-corrected chi connectivity index (χ0v) is 6.12. The lowest BCUT2D eigenvalue weighted by molar-refractivity contribution is -0.110. The first-order chi connectivity index (χ1) is 4.86. The maximum Gasteiger partial charge on any atom is 0.126 e. The summed E-state index contributed by atoms with van der Waals surface area (Å²) in [7, 11) is 1.69. The summed E-state index contributed by atoms with van der Waals surface area (Å²) in [5, 5.41) is 0. The number of hydrogen-bond donors (Lipinski definition) is 0. The monoisotopic (exact) mass is 140 g/mol. The van der Waals surface area contributed by atoms with Gasteiger partial charge in [0.1, 0.15) is 6.29 Å². The summed E-state index contributed by atoms with van der Waals surface area (Å²) in [6.45, 7) is 0. The normalized spacial score (nSPS) is 32.1. The highest BCUT2D eigenvalue weighted by Gasteiger charge is 2.13. The molecule has 0 saturated carbocycles. The second-order valence-corrected chi connectivity index (χ2v) is 2.54. The van der Waals surface area contributed by atoms with E-state index >= 15 is 0 Å². The Morgan fingerprint density at radius 1 is 1.50 bits per heavy atom. The van der Waals surface area contributed by atoms with Crippen molar-refractivity contribution in [3.05, 3.63) is 12.2 Å². The van der Waals surface area contributed by atoms with Crippen LogP contribution in [0.5, 0.6) is 0 Å². The minimum atomic E-state index is 0.131. The fraction of sp³-hybridized carbons (Fsp3) is 0.625. The molecule has 10 heavy (non-hydrogen) atoms. The number of hydrogen-bond acceptors (Lipinski definition) is 2. The number of carbonyl (C=O) groups is 1. The molecule has 0 aromatic carbocycles. The van der Waals surface area contributed by atoms with E-state index in [2.05, 4.69) is 0 Å². The summed E-state index contributed by atoms with van der Waals surface area (Å²) in [5.74, 6) is 0.131. The topological polar surface area (TPSA) is 26.3 Å². The second-order valence-electron chi connectivity index (χ2n) is 2.54.